The van der Waals surface area contributed by atoms with Crippen molar-refractivity contribution in [2.75, 3.05) is 35.3 Å². The minimum Gasteiger partial charge on any atom is -0.339 e. The van der Waals surface area contributed by atoms with Gasteiger partial charge >= 0.3 is 0 Å². The first-order chi connectivity index (χ1) is 12.5. The van der Waals surface area contributed by atoms with Crippen LogP contribution in [0.15, 0.2) is 24.4 Å². The molecule has 1 aromatic heterocycles. The lowest BCUT2D eigenvalue weighted by Gasteiger charge is -2.29. The van der Waals surface area contributed by atoms with Crippen molar-refractivity contribution in [2.24, 2.45) is 0 Å². The number of carbonyl (C=O) groups is 1. The summed E-state index contributed by atoms with van der Waals surface area (Å²) in [5.41, 5.74) is 2.67. The first kappa shape index (κ1) is 17.0. The van der Waals surface area contributed by atoms with Gasteiger partial charge in [0.1, 0.15) is 11.2 Å². The summed E-state index contributed by atoms with van der Waals surface area (Å²) >= 11 is 6.23. The van der Waals surface area contributed by atoms with Gasteiger partial charge in [0.25, 0.3) is 0 Å². The van der Waals surface area contributed by atoms with Gasteiger partial charge in [0.05, 0.1) is 19.2 Å². The van der Waals surface area contributed by atoms with Gasteiger partial charge in [-0.2, -0.15) is 4.98 Å². The molecule has 2 aliphatic heterocycles. The molecule has 0 saturated carbocycles. The van der Waals surface area contributed by atoms with E-state index in [0.29, 0.717) is 36.2 Å². The van der Waals surface area contributed by atoms with Gasteiger partial charge in [-0.1, -0.05) is 11.6 Å². The van der Waals surface area contributed by atoms with Crippen LogP contribution in [0.25, 0.3) is 0 Å². The van der Waals surface area contributed by atoms with Crippen molar-refractivity contribution in [3.63, 3.8) is 0 Å². The highest BCUT2D eigenvalue weighted by molar-refractivity contribution is 6.32. The van der Waals surface area contributed by atoms with Gasteiger partial charge in [0.2, 0.25) is 11.9 Å². The molecule has 1 N–H and O–H groups in total. The first-order valence-electron chi connectivity index (χ1n) is 8.59. The van der Waals surface area contributed by atoms with Crippen LogP contribution in [-0.4, -0.2) is 42.2 Å². The van der Waals surface area contributed by atoms with Crippen LogP contribution in [0, 0.1) is 0 Å². The topological polar surface area (TPSA) is 61.4 Å². The summed E-state index contributed by atoms with van der Waals surface area (Å²) in [4.78, 5) is 24.0. The van der Waals surface area contributed by atoms with Crippen molar-refractivity contribution in [3.8, 4) is 0 Å². The van der Waals surface area contributed by atoms with Crippen molar-refractivity contribution in [3.05, 3.63) is 35.0 Å². The van der Waals surface area contributed by atoms with Gasteiger partial charge in [-0.3, -0.25) is 4.79 Å². The van der Waals surface area contributed by atoms with Gasteiger partial charge in [-0.05, 0) is 36.6 Å². The number of hydrogen-bond acceptors (Lipinski definition) is 5. The maximum Gasteiger partial charge on any atom is 0.231 e. The van der Waals surface area contributed by atoms with Crippen molar-refractivity contribution in [1.82, 2.24) is 9.97 Å². The molecule has 1 saturated heterocycles. The largest absolute Gasteiger partial charge is 0.339 e. The summed E-state index contributed by atoms with van der Waals surface area (Å²) in [5.74, 6) is 1.01. The number of rotatable bonds is 3. The summed E-state index contributed by atoms with van der Waals surface area (Å²) in [6.45, 7) is 1.03. The molecule has 0 radical (unpaired) electrons. The standard InChI is InChI=1S/C18H19ClFN5O/c1-24-15-5-4-13(7-11(15)8-16(24)26)22-17-14(19)9-21-18(23-17)25-6-2-3-12(20)10-25/h4-5,7,9,12H,2-3,6,8,10H2,1H3,(H,21,22,23)/t12-/m0/s1. The summed E-state index contributed by atoms with van der Waals surface area (Å²) in [6.07, 6.45) is 2.42. The van der Waals surface area contributed by atoms with Crippen LogP contribution < -0.4 is 15.1 Å². The highest BCUT2D eigenvalue weighted by atomic mass is 35.5. The van der Waals surface area contributed by atoms with Crippen LogP contribution in [0.5, 0.6) is 0 Å². The monoisotopic (exact) mass is 375 g/mol. The van der Waals surface area contributed by atoms with Gasteiger partial charge in [-0.15, -0.1) is 0 Å². The zero-order valence-corrected chi connectivity index (χ0v) is 15.1. The van der Waals surface area contributed by atoms with Crippen LogP contribution in [0.3, 0.4) is 0 Å². The summed E-state index contributed by atoms with van der Waals surface area (Å²) in [5, 5.41) is 3.57. The number of piperidine rings is 1. The number of carbonyl (C=O) groups excluding carboxylic acids is 1. The van der Waals surface area contributed by atoms with E-state index < -0.39 is 6.17 Å². The Kier molecular flexibility index (Phi) is 4.40. The summed E-state index contributed by atoms with van der Waals surface area (Å²) in [6, 6.07) is 5.70. The number of nitrogens with one attached hydrogen (secondary N) is 1. The Morgan fingerprint density at radius 3 is 3.04 bits per heavy atom. The zero-order chi connectivity index (χ0) is 18.3. The van der Waals surface area contributed by atoms with E-state index >= 15 is 0 Å². The molecule has 0 aliphatic carbocycles. The van der Waals surface area contributed by atoms with E-state index in [4.69, 9.17) is 11.6 Å². The number of alkyl halides is 1. The van der Waals surface area contributed by atoms with Crippen molar-refractivity contribution >= 4 is 40.6 Å². The molecule has 3 heterocycles. The molecular weight excluding hydrogens is 357 g/mol. The van der Waals surface area contributed by atoms with E-state index in [0.717, 1.165) is 29.9 Å². The zero-order valence-electron chi connectivity index (χ0n) is 14.4. The molecule has 1 amide bonds. The molecule has 6 nitrogen and oxygen atoms in total. The van der Waals surface area contributed by atoms with Crippen molar-refractivity contribution in [1.29, 1.82) is 0 Å². The van der Waals surface area contributed by atoms with Gasteiger partial charge in [-0.25, -0.2) is 9.37 Å². The predicted molar refractivity (Wildman–Crippen MR) is 100 cm³/mol. The third-order valence-corrected chi connectivity index (χ3v) is 5.07. The number of benzene rings is 1. The van der Waals surface area contributed by atoms with Crippen LogP contribution in [0.1, 0.15) is 18.4 Å². The summed E-state index contributed by atoms with van der Waals surface area (Å²) in [7, 11) is 1.77. The van der Waals surface area contributed by atoms with E-state index in [9.17, 15) is 9.18 Å². The molecule has 2 aromatic rings. The molecule has 0 spiro atoms. The molecule has 2 aliphatic rings. The maximum atomic E-state index is 13.7. The van der Waals surface area contributed by atoms with Crippen LogP contribution in [0.4, 0.5) is 27.5 Å². The molecule has 1 atom stereocenters. The quantitative estimate of drug-likeness (QED) is 0.891. The predicted octanol–water partition coefficient (Wildman–Crippen LogP) is 3.33. The lowest BCUT2D eigenvalue weighted by molar-refractivity contribution is -0.117. The Balaban J connectivity index is 1.58. The molecular formula is C18H19ClFN5O. The van der Waals surface area contributed by atoms with E-state index in [1.807, 2.05) is 23.1 Å². The fourth-order valence-electron chi connectivity index (χ4n) is 3.39. The minimum atomic E-state index is -0.856. The number of likely N-dealkylation sites (N-methyl/N-ethyl adjacent to an activating group) is 1. The number of anilines is 4. The number of nitrogens with zero attached hydrogens (tertiary/aromatic N) is 4. The molecule has 8 heteroatoms. The molecule has 136 valence electrons. The SMILES string of the molecule is CN1C(=O)Cc2cc(Nc3nc(N4CCC[C@H](F)C4)ncc3Cl)ccc21. The fourth-order valence-corrected chi connectivity index (χ4v) is 3.53. The molecule has 4 rings (SSSR count). The van der Waals surface area contributed by atoms with E-state index in [1.165, 1.54) is 6.20 Å². The third kappa shape index (κ3) is 3.19. The smallest absolute Gasteiger partial charge is 0.231 e. The number of aromatic nitrogens is 2. The second-order valence-corrected chi connectivity index (χ2v) is 7.06. The molecule has 0 bridgehead atoms. The van der Waals surface area contributed by atoms with Gasteiger partial charge < -0.3 is 15.1 Å². The van der Waals surface area contributed by atoms with Crippen LogP contribution in [0.2, 0.25) is 5.02 Å². The fraction of sp³-hybridized carbons (Fsp3) is 0.389. The van der Waals surface area contributed by atoms with Gasteiger partial charge in [0.15, 0.2) is 5.82 Å². The third-order valence-electron chi connectivity index (χ3n) is 4.80. The minimum absolute atomic E-state index is 0.0744. The molecule has 26 heavy (non-hydrogen) atoms. The Morgan fingerprint density at radius 1 is 1.38 bits per heavy atom. The first-order valence-corrected chi connectivity index (χ1v) is 8.97. The average molecular weight is 376 g/mol. The van der Waals surface area contributed by atoms with E-state index in [1.54, 1.807) is 11.9 Å². The molecule has 1 fully saturated rings. The van der Waals surface area contributed by atoms with Gasteiger partial charge in [0, 0.05) is 25.0 Å². The van der Waals surface area contributed by atoms with Crippen molar-refractivity contribution in [2.45, 2.75) is 25.4 Å². The maximum absolute atomic E-state index is 13.7. The number of fused-ring (bicyclic) bond motifs is 1. The molecule has 0 unspecified atom stereocenters. The number of halogens is 2. The van der Waals surface area contributed by atoms with E-state index in [-0.39, 0.29) is 5.91 Å². The second-order valence-electron chi connectivity index (χ2n) is 6.65. The highest BCUT2D eigenvalue weighted by Crippen LogP contribution is 2.32. The van der Waals surface area contributed by atoms with Crippen LogP contribution in [-0.2, 0) is 11.2 Å². The summed E-state index contributed by atoms with van der Waals surface area (Å²) < 4.78 is 13.7. The highest BCUT2D eigenvalue weighted by Gasteiger charge is 2.24. The lowest BCUT2D eigenvalue weighted by Crippen LogP contribution is -2.37. The number of hydrogen-bond donors (Lipinski definition) is 1. The Hall–Kier alpha value is -2.41. The normalized spacial score (nSPS) is 19.7. The van der Waals surface area contributed by atoms with Crippen LogP contribution >= 0.6 is 11.6 Å². The average Bonchev–Trinajstić information content (AvgIpc) is 2.90. The van der Waals surface area contributed by atoms with Crippen molar-refractivity contribution < 1.29 is 9.18 Å². The van der Waals surface area contributed by atoms with E-state index in [2.05, 4.69) is 15.3 Å². The Labute approximate surface area is 156 Å². The Morgan fingerprint density at radius 2 is 2.23 bits per heavy atom. The Bertz CT molecular complexity index is 861. The lowest BCUT2D eigenvalue weighted by atomic mass is 10.1. The number of amides is 1. The molecule has 1 aromatic carbocycles. The second kappa shape index (κ2) is 6.72.